The van der Waals surface area contributed by atoms with E-state index in [1.807, 2.05) is 6.07 Å². The van der Waals surface area contributed by atoms with Crippen LogP contribution >= 0.6 is 11.8 Å². The predicted molar refractivity (Wildman–Crippen MR) is 60.9 cm³/mol. The highest BCUT2D eigenvalue weighted by atomic mass is 32.2. The molecule has 6 heteroatoms. The summed E-state index contributed by atoms with van der Waals surface area (Å²) in [4.78, 5) is 16.4. The van der Waals surface area contributed by atoms with Crippen LogP contribution in [0.25, 0.3) is 0 Å². The molecule has 0 aliphatic rings. The molecule has 0 spiro atoms. The summed E-state index contributed by atoms with van der Waals surface area (Å²) in [6.45, 7) is 0.613. The van der Waals surface area contributed by atoms with Gasteiger partial charge in [0.1, 0.15) is 11.4 Å². The highest BCUT2D eigenvalue weighted by Crippen LogP contribution is 2.20. The van der Waals surface area contributed by atoms with Crippen molar-refractivity contribution < 1.29 is 0 Å². The number of aromatic nitrogens is 4. The first-order valence-electron chi connectivity index (χ1n) is 4.83. The molecule has 0 fully saturated rings. The largest absolute Gasteiger partial charge is 0.330 e. The Morgan fingerprint density at radius 2 is 2.00 bits per heavy atom. The minimum Gasteiger partial charge on any atom is -0.330 e. The van der Waals surface area contributed by atoms with E-state index in [-0.39, 0.29) is 0 Å². The molecule has 0 saturated heterocycles. The second kappa shape index (κ2) is 5.53. The fourth-order valence-corrected chi connectivity index (χ4v) is 1.75. The molecule has 0 aromatic carbocycles. The molecule has 2 N–H and O–H groups in total. The maximum absolute atomic E-state index is 5.44. The first-order valence-corrected chi connectivity index (χ1v) is 5.65. The predicted octanol–water partition coefficient (Wildman–Crippen LogP) is 0.919. The standard InChI is InChI=1S/C10H11N5S/c11-3-1-8-5-13-10(14-6-8)16-9-2-4-12-7-15-9/h2,4-7H,1,3,11H2. The van der Waals surface area contributed by atoms with E-state index in [0.29, 0.717) is 11.7 Å². The molecule has 0 radical (unpaired) electrons. The monoisotopic (exact) mass is 233 g/mol. The van der Waals surface area contributed by atoms with Crippen LogP contribution in [0.15, 0.2) is 41.2 Å². The summed E-state index contributed by atoms with van der Waals surface area (Å²) >= 11 is 1.41. The van der Waals surface area contributed by atoms with Gasteiger partial charge in [0.05, 0.1) is 0 Å². The molecule has 16 heavy (non-hydrogen) atoms. The second-order valence-electron chi connectivity index (χ2n) is 3.06. The Kier molecular flexibility index (Phi) is 3.79. The summed E-state index contributed by atoms with van der Waals surface area (Å²) in [6, 6.07) is 1.82. The lowest BCUT2D eigenvalue weighted by molar-refractivity contribution is 0.888. The lowest BCUT2D eigenvalue weighted by Crippen LogP contribution is -2.03. The van der Waals surface area contributed by atoms with Crippen molar-refractivity contribution in [2.45, 2.75) is 16.6 Å². The van der Waals surface area contributed by atoms with E-state index in [9.17, 15) is 0 Å². The topological polar surface area (TPSA) is 77.6 Å². The van der Waals surface area contributed by atoms with E-state index < -0.39 is 0 Å². The SMILES string of the molecule is NCCc1cnc(Sc2ccncn2)nc1. The van der Waals surface area contributed by atoms with Crippen molar-refractivity contribution >= 4 is 11.8 Å². The molecular formula is C10H11N5S. The summed E-state index contributed by atoms with van der Waals surface area (Å²) in [7, 11) is 0. The van der Waals surface area contributed by atoms with Crippen molar-refractivity contribution in [2.24, 2.45) is 5.73 Å². The van der Waals surface area contributed by atoms with Gasteiger partial charge in [-0.25, -0.2) is 19.9 Å². The lowest BCUT2D eigenvalue weighted by Gasteiger charge is -2.00. The van der Waals surface area contributed by atoms with Crippen LogP contribution in [-0.4, -0.2) is 26.5 Å². The zero-order valence-corrected chi connectivity index (χ0v) is 9.39. The highest BCUT2D eigenvalue weighted by molar-refractivity contribution is 7.99. The average molecular weight is 233 g/mol. The van der Waals surface area contributed by atoms with Gasteiger partial charge in [-0.05, 0) is 36.4 Å². The Labute approximate surface area is 97.6 Å². The summed E-state index contributed by atoms with van der Waals surface area (Å²) in [5, 5.41) is 1.51. The average Bonchev–Trinajstić information content (AvgIpc) is 2.33. The minimum atomic E-state index is 0.613. The fourth-order valence-electron chi connectivity index (χ4n) is 1.12. The van der Waals surface area contributed by atoms with Gasteiger partial charge in [0.2, 0.25) is 0 Å². The number of nitrogens with two attached hydrogens (primary N) is 1. The maximum atomic E-state index is 5.44. The van der Waals surface area contributed by atoms with E-state index >= 15 is 0 Å². The molecule has 2 aromatic rings. The van der Waals surface area contributed by atoms with E-state index in [4.69, 9.17) is 5.73 Å². The van der Waals surface area contributed by atoms with Gasteiger partial charge in [-0.15, -0.1) is 0 Å². The Bertz CT molecular complexity index is 431. The first kappa shape index (κ1) is 11.0. The third-order valence-corrected chi connectivity index (χ3v) is 2.71. The fraction of sp³-hybridized carbons (Fsp3) is 0.200. The van der Waals surface area contributed by atoms with Crippen molar-refractivity contribution in [1.82, 2.24) is 19.9 Å². The molecule has 0 unspecified atom stereocenters. The smallest absolute Gasteiger partial charge is 0.193 e. The quantitative estimate of drug-likeness (QED) is 0.625. The van der Waals surface area contributed by atoms with Crippen LogP contribution in [0.1, 0.15) is 5.56 Å². The molecule has 0 saturated carbocycles. The van der Waals surface area contributed by atoms with Crippen LogP contribution in [0.3, 0.4) is 0 Å². The van der Waals surface area contributed by atoms with E-state index in [1.54, 1.807) is 18.6 Å². The molecule has 0 amide bonds. The van der Waals surface area contributed by atoms with Crippen LogP contribution in [-0.2, 0) is 6.42 Å². The summed E-state index contributed by atoms with van der Waals surface area (Å²) in [6.07, 6.45) is 7.59. The van der Waals surface area contributed by atoms with Crippen molar-refractivity contribution in [1.29, 1.82) is 0 Å². The Hall–Kier alpha value is -1.53. The Balaban J connectivity index is 2.05. The van der Waals surface area contributed by atoms with E-state index in [0.717, 1.165) is 17.0 Å². The molecule has 2 heterocycles. The molecule has 5 nitrogen and oxygen atoms in total. The van der Waals surface area contributed by atoms with Gasteiger partial charge in [0.25, 0.3) is 0 Å². The molecule has 2 rings (SSSR count). The van der Waals surface area contributed by atoms with Gasteiger partial charge >= 0.3 is 0 Å². The Morgan fingerprint density at radius 1 is 1.19 bits per heavy atom. The third-order valence-electron chi connectivity index (χ3n) is 1.87. The van der Waals surface area contributed by atoms with Crippen LogP contribution in [0.5, 0.6) is 0 Å². The van der Waals surface area contributed by atoms with Gasteiger partial charge in [0.15, 0.2) is 5.16 Å². The molecule has 0 aliphatic carbocycles. The molecule has 82 valence electrons. The van der Waals surface area contributed by atoms with Gasteiger partial charge in [-0.3, -0.25) is 0 Å². The summed E-state index contributed by atoms with van der Waals surface area (Å²) in [5.74, 6) is 0. The normalized spacial score (nSPS) is 10.3. The molecular weight excluding hydrogens is 222 g/mol. The first-order chi connectivity index (χ1) is 7.88. The van der Waals surface area contributed by atoms with Gasteiger partial charge in [-0.2, -0.15) is 0 Å². The molecule has 0 atom stereocenters. The van der Waals surface area contributed by atoms with Gasteiger partial charge in [-0.1, -0.05) is 0 Å². The second-order valence-corrected chi connectivity index (χ2v) is 4.05. The van der Waals surface area contributed by atoms with Crippen molar-refractivity contribution in [3.05, 3.63) is 36.5 Å². The number of rotatable bonds is 4. The van der Waals surface area contributed by atoms with Crippen molar-refractivity contribution in [3.8, 4) is 0 Å². The van der Waals surface area contributed by atoms with Crippen LogP contribution < -0.4 is 5.73 Å². The third kappa shape index (κ3) is 2.98. The zero-order valence-electron chi connectivity index (χ0n) is 8.58. The highest BCUT2D eigenvalue weighted by Gasteiger charge is 2.01. The van der Waals surface area contributed by atoms with Crippen molar-refractivity contribution in [2.75, 3.05) is 6.54 Å². The Morgan fingerprint density at radius 3 is 2.62 bits per heavy atom. The zero-order chi connectivity index (χ0) is 11.2. The molecule has 0 bridgehead atoms. The van der Waals surface area contributed by atoms with Crippen LogP contribution in [0.4, 0.5) is 0 Å². The molecule has 2 aromatic heterocycles. The van der Waals surface area contributed by atoms with Crippen molar-refractivity contribution in [3.63, 3.8) is 0 Å². The molecule has 0 aliphatic heterocycles. The number of nitrogens with zero attached hydrogens (tertiary/aromatic N) is 4. The van der Waals surface area contributed by atoms with Crippen LogP contribution in [0.2, 0.25) is 0 Å². The van der Waals surface area contributed by atoms with E-state index in [1.165, 1.54) is 18.1 Å². The minimum absolute atomic E-state index is 0.613. The summed E-state index contributed by atoms with van der Waals surface area (Å²) in [5.41, 5.74) is 6.49. The lowest BCUT2D eigenvalue weighted by atomic mass is 10.2. The van der Waals surface area contributed by atoms with Gasteiger partial charge in [0, 0.05) is 18.6 Å². The van der Waals surface area contributed by atoms with Gasteiger partial charge < -0.3 is 5.73 Å². The van der Waals surface area contributed by atoms with E-state index in [2.05, 4.69) is 19.9 Å². The van der Waals surface area contributed by atoms with Crippen LogP contribution in [0, 0.1) is 0 Å². The number of hydrogen-bond acceptors (Lipinski definition) is 6. The summed E-state index contributed by atoms with van der Waals surface area (Å²) < 4.78 is 0. The number of hydrogen-bond donors (Lipinski definition) is 1. The maximum Gasteiger partial charge on any atom is 0.193 e.